The van der Waals surface area contributed by atoms with E-state index in [2.05, 4.69) is 10.6 Å². The Kier molecular flexibility index (Phi) is 11.2. The number of thioether (sulfide) groups is 1. The summed E-state index contributed by atoms with van der Waals surface area (Å²) in [5, 5.41) is 6.07. The highest BCUT2D eigenvalue weighted by Gasteiger charge is 2.11. The number of hydrogen-bond acceptors (Lipinski definition) is 5. The monoisotopic (exact) mass is 288 g/mol. The van der Waals surface area contributed by atoms with Gasteiger partial charge in [-0.15, -0.1) is 0 Å². The molecular formula is C14H28N2O2S. The standard InChI is InChI=1S/C14H28N2O2S/c1-11(17)13(15-3)7-5-9-19-10-6-8-14(16-4)12(2)18/h13-16H,5-10H2,1-4H3. The quantitative estimate of drug-likeness (QED) is 0.535. The lowest BCUT2D eigenvalue weighted by Gasteiger charge is -2.13. The van der Waals surface area contributed by atoms with Crippen LogP contribution in [0.25, 0.3) is 0 Å². The Hall–Kier alpha value is -0.390. The lowest BCUT2D eigenvalue weighted by atomic mass is 10.1. The number of carbonyl (C=O) groups excluding carboxylic acids is 2. The van der Waals surface area contributed by atoms with E-state index in [-0.39, 0.29) is 23.7 Å². The second-order valence-corrected chi connectivity index (χ2v) is 6.03. The van der Waals surface area contributed by atoms with Crippen LogP contribution in [0.1, 0.15) is 39.5 Å². The number of hydrogen-bond donors (Lipinski definition) is 2. The van der Waals surface area contributed by atoms with Crippen molar-refractivity contribution in [2.75, 3.05) is 25.6 Å². The van der Waals surface area contributed by atoms with E-state index in [0.717, 1.165) is 37.2 Å². The van der Waals surface area contributed by atoms with Gasteiger partial charge in [0.15, 0.2) is 0 Å². The van der Waals surface area contributed by atoms with Gasteiger partial charge in [-0.3, -0.25) is 9.59 Å². The number of ketones is 2. The minimum Gasteiger partial charge on any atom is -0.311 e. The lowest BCUT2D eigenvalue weighted by molar-refractivity contribution is -0.119. The van der Waals surface area contributed by atoms with Crippen LogP contribution in [0.2, 0.25) is 0 Å². The summed E-state index contributed by atoms with van der Waals surface area (Å²) in [5.74, 6) is 2.59. The number of nitrogens with one attached hydrogen (secondary N) is 2. The first-order chi connectivity index (χ1) is 9.02. The van der Waals surface area contributed by atoms with Crippen LogP contribution in [0, 0.1) is 0 Å². The van der Waals surface area contributed by atoms with E-state index in [1.807, 2.05) is 25.9 Å². The first kappa shape index (κ1) is 18.6. The van der Waals surface area contributed by atoms with Crippen LogP contribution in [-0.2, 0) is 9.59 Å². The Balaban J connectivity index is 3.50. The SMILES string of the molecule is CNC(CCCSCCCC(NC)C(C)=O)C(C)=O. The van der Waals surface area contributed by atoms with Gasteiger partial charge in [0.25, 0.3) is 0 Å². The highest BCUT2D eigenvalue weighted by Crippen LogP contribution is 2.11. The second-order valence-electron chi connectivity index (χ2n) is 4.80. The molecule has 0 aromatic carbocycles. The maximum atomic E-state index is 11.2. The van der Waals surface area contributed by atoms with Crippen LogP contribution in [0.3, 0.4) is 0 Å². The van der Waals surface area contributed by atoms with Gasteiger partial charge in [-0.25, -0.2) is 0 Å². The molecule has 0 saturated carbocycles. The smallest absolute Gasteiger partial charge is 0.146 e. The van der Waals surface area contributed by atoms with Gasteiger partial charge < -0.3 is 10.6 Å². The molecule has 0 bridgehead atoms. The third kappa shape index (κ3) is 9.19. The van der Waals surface area contributed by atoms with E-state index in [1.54, 1.807) is 13.8 Å². The predicted molar refractivity (Wildman–Crippen MR) is 82.9 cm³/mol. The van der Waals surface area contributed by atoms with Crippen LogP contribution in [0.15, 0.2) is 0 Å². The van der Waals surface area contributed by atoms with Crippen LogP contribution >= 0.6 is 11.8 Å². The van der Waals surface area contributed by atoms with Crippen molar-refractivity contribution >= 4 is 23.3 Å². The normalized spacial score (nSPS) is 14.1. The fourth-order valence-electron chi connectivity index (χ4n) is 1.98. The number of Topliss-reactive ketones (excluding diaryl/α,β-unsaturated/α-hetero) is 2. The lowest BCUT2D eigenvalue weighted by Crippen LogP contribution is -2.32. The van der Waals surface area contributed by atoms with Gasteiger partial charge in [0.1, 0.15) is 11.6 Å². The highest BCUT2D eigenvalue weighted by atomic mass is 32.2. The number of rotatable bonds is 12. The molecule has 0 aromatic rings. The molecule has 0 spiro atoms. The van der Waals surface area contributed by atoms with Gasteiger partial charge in [0.05, 0.1) is 12.1 Å². The van der Waals surface area contributed by atoms with Crippen molar-refractivity contribution in [2.24, 2.45) is 0 Å². The van der Waals surface area contributed by atoms with Gasteiger partial charge in [-0.2, -0.15) is 11.8 Å². The van der Waals surface area contributed by atoms with Crippen molar-refractivity contribution in [3.05, 3.63) is 0 Å². The maximum Gasteiger partial charge on any atom is 0.146 e. The average molecular weight is 288 g/mol. The Morgan fingerprint density at radius 1 is 0.895 bits per heavy atom. The molecular weight excluding hydrogens is 260 g/mol. The fraction of sp³-hybridized carbons (Fsp3) is 0.857. The molecule has 19 heavy (non-hydrogen) atoms. The van der Waals surface area contributed by atoms with Crippen LogP contribution in [-0.4, -0.2) is 49.3 Å². The van der Waals surface area contributed by atoms with E-state index in [1.165, 1.54) is 0 Å². The topological polar surface area (TPSA) is 58.2 Å². The van der Waals surface area contributed by atoms with Crippen molar-refractivity contribution in [1.29, 1.82) is 0 Å². The van der Waals surface area contributed by atoms with Crippen molar-refractivity contribution < 1.29 is 9.59 Å². The zero-order chi connectivity index (χ0) is 14.7. The van der Waals surface area contributed by atoms with Crippen molar-refractivity contribution in [3.63, 3.8) is 0 Å². The van der Waals surface area contributed by atoms with E-state index >= 15 is 0 Å². The molecule has 2 atom stereocenters. The molecule has 0 amide bonds. The van der Waals surface area contributed by atoms with E-state index < -0.39 is 0 Å². The summed E-state index contributed by atoms with van der Waals surface area (Å²) in [6.07, 6.45) is 3.92. The Morgan fingerprint density at radius 2 is 1.26 bits per heavy atom. The summed E-state index contributed by atoms with van der Waals surface area (Å²) in [6, 6.07) is 0.0129. The zero-order valence-corrected chi connectivity index (χ0v) is 13.4. The third-order valence-electron chi connectivity index (χ3n) is 3.24. The number of likely N-dealkylation sites (N-methyl/N-ethyl adjacent to an activating group) is 2. The minimum atomic E-state index is 0.00647. The molecule has 0 saturated heterocycles. The molecule has 0 aliphatic rings. The summed E-state index contributed by atoms with van der Waals surface area (Å²) in [5.41, 5.74) is 0. The molecule has 0 heterocycles. The average Bonchev–Trinajstić information content (AvgIpc) is 2.36. The van der Waals surface area contributed by atoms with Crippen molar-refractivity contribution in [1.82, 2.24) is 10.6 Å². The summed E-state index contributed by atoms with van der Waals surface area (Å²) < 4.78 is 0. The van der Waals surface area contributed by atoms with Crippen LogP contribution in [0.5, 0.6) is 0 Å². The molecule has 2 unspecified atom stereocenters. The number of carbonyl (C=O) groups is 2. The second kappa shape index (κ2) is 11.4. The molecule has 0 aliphatic carbocycles. The summed E-state index contributed by atoms with van der Waals surface area (Å²) >= 11 is 1.90. The molecule has 0 radical (unpaired) electrons. The first-order valence-electron chi connectivity index (χ1n) is 6.96. The third-order valence-corrected chi connectivity index (χ3v) is 4.40. The Labute approximate surface area is 121 Å². The molecule has 4 nitrogen and oxygen atoms in total. The Morgan fingerprint density at radius 3 is 1.53 bits per heavy atom. The molecule has 0 rings (SSSR count). The molecule has 112 valence electrons. The van der Waals surface area contributed by atoms with Gasteiger partial charge >= 0.3 is 0 Å². The molecule has 0 aromatic heterocycles. The van der Waals surface area contributed by atoms with Gasteiger partial charge in [-0.1, -0.05) is 0 Å². The predicted octanol–water partition coefficient (Wildman–Crippen LogP) is 1.63. The zero-order valence-electron chi connectivity index (χ0n) is 12.6. The molecule has 2 N–H and O–H groups in total. The van der Waals surface area contributed by atoms with Crippen LogP contribution in [0.4, 0.5) is 0 Å². The maximum absolute atomic E-state index is 11.2. The van der Waals surface area contributed by atoms with E-state index in [4.69, 9.17) is 0 Å². The van der Waals surface area contributed by atoms with Crippen LogP contribution < -0.4 is 10.6 Å². The van der Waals surface area contributed by atoms with Gasteiger partial charge in [0, 0.05) is 0 Å². The fourth-order valence-corrected chi connectivity index (χ4v) is 2.93. The van der Waals surface area contributed by atoms with E-state index in [0.29, 0.717) is 0 Å². The largest absolute Gasteiger partial charge is 0.311 e. The Bertz CT molecular complexity index is 246. The minimum absolute atomic E-state index is 0.00647. The molecule has 5 heteroatoms. The molecule has 0 fully saturated rings. The summed E-state index contributed by atoms with van der Waals surface area (Å²) in [6.45, 7) is 3.27. The summed E-state index contributed by atoms with van der Waals surface area (Å²) in [7, 11) is 3.66. The van der Waals surface area contributed by atoms with Crippen molar-refractivity contribution in [2.45, 2.75) is 51.6 Å². The van der Waals surface area contributed by atoms with Gasteiger partial charge in [0.2, 0.25) is 0 Å². The van der Waals surface area contributed by atoms with Crippen molar-refractivity contribution in [3.8, 4) is 0 Å². The molecule has 0 aliphatic heterocycles. The summed E-state index contributed by atoms with van der Waals surface area (Å²) in [4.78, 5) is 22.4. The highest BCUT2D eigenvalue weighted by molar-refractivity contribution is 7.99. The van der Waals surface area contributed by atoms with Gasteiger partial charge in [-0.05, 0) is 65.1 Å². The van der Waals surface area contributed by atoms with E-state index in [9.17, 15) is 9.59 Å². The first-order valence-corrected chi connectivity index (χ1v) is 8.11.